The second-order valence-corrected chi connectivity index (χ2v) is 8.88. The molecule has 160 valence electrons. The van der Waals surface area contributed by atoms with Gasteiger partial charge in [-0.25, -0.2) is 0 Å². The van der Waals surface area contributed by atoms with Crippen molar-refractivity contribution in [3.8, 4) is 0 Å². The summed E-state index contributed by atoms with van der Waals surface area (Å²) in [6.07, 6.45) is 6.55. The molecule has 1 fully saturated rings. The summed E-state index contributed by atoms with van der Waals surface area (Å²) in [5.74, 6) is -0.275. The van der Waals surface area contributed by atoms with Crippen molar-refractivity contribution in [1.29, 1.82) is 0 Å². The Kier molecular flexibility index (Phi) is 5.05. The van der Waals surface area contributed by atoms with Gasteiger partial charge in [0.1, 0.15) is 0 Å². The van der Waals surface area contributed by atoms with Gasteiger partial charge in [-0.3, -0.25) is 9.59 Å². The minimum Gasteiger partial charge on any atom is -0.350 e. The van der Waals surface area contributed by atoms with Gasteiger partial charge in [-0.2, -0.15) is 0 Å². The third-order valence-electron chi connectivity index (χ3n) is 7.01. The highest BCUT2D eigenvalue weighted by Crippen LogP contribution is 2.45. The summed E-state index contributed by atoms with van der Waals surface area (Å²) in [4.78, 5) is 31.2. The monoisotopic (exact) mass is 415 g/mol. The van der Waals surface area contributed by atoms with E-state index < -0.39 is 5.92 Å². The maximum Gasteiger partial charge on any atom is 0.254 e. The second kappa shape index (κ2) is 7.88. The van der Waals surface area contributed by atoms with E-state index in [2.05, 4.69) is 22.9 Å². The number of nitrogens with zero attached hydrogens (tertiary/aromatic N) is 3. The van der Waals surface area contributed by atoms with Crippen LogP contribution in [-0.4, -0.2) is 46.3 Å². The largest absolute Gasteiger partial charge is 0.350 e. The number of amides is 2. The van der Waals surface area contributed by atoms with E-state index >= 15 is 0 Å². The highest BCUT2D eigenvalue weighted by Gasteiger charge is 2.44. The van der Waals surface area contributed by atoms with Gasteiger partial charge in [-0.05, 0) is 30.5 Å². The maximum absolute atomic E-state index is 14.0. The topological polar surface area (TPSA) is 45.6 Å². The Hall–Kier alpha value is -3.08. The number of hydrogen-bond donors (Lipinski definition) is 0. The van der Waals surface area contributed by atoms with Crippen molar-refractivity contribution in [2.45, 2.75) is 37.6 Å². The van der Waals surface area contributed by atoms with Crippen molar-refractivity contribution in [3.63, 3.8) is 0 Å². The summed E-state index contributed by atoms with van der Waals surface area (Å²) >= 11 is 0. The lowest BCUT2D eigenvalue weighted by Gasteiger charge is -2.41. The van der Waals surface area contributed by atoms with E-state index in [4.69, 9.17) is 0 Å². The smallest absolute Gasteiger partial charge is 0.254 e. The Morgan fingerprint density at radius 3 is 2.32 bits per heavy atom. The first-order valence-corrected chi connectivity index (χ1v) is 11.3. The van der Waals surface area contributed by atoms with Gasteiger partial charge in [-0.1, -0.05) is 49.2 Å². The summed E-state index contributed by atoms with van der Waals surface area (Å²) in [5, 5.41) is 1.10. The van der Waals surface area contributed by atoms with Crippen LogP contribution in [0.2, 0.25) is 0 Å². The molecular formula is C26H29N3O2. The van der Waals surface area contributed by atoms with Crippen LogP contribution in [-0.2, 0) is 11.8 Å². The zero-order valence-electron chi connectivity index (χ0n) is 18.3. The van der Waals surface area contributed by atoms with E-state index in [-0.39, 0.29) is 17.9 Å². The fourth-order valence-electron chi connectivity index (χ4n) is 5.43. The lowest BCUT2D eigenvalue weighted by Crippen LogP contribution is -2.47. The molecule has 5 nitrogen and oxygen atoms in total. The number of aryl methyl sites for hydroxylation is 1. The number of para-hydroxylation sites is 1. The molecule has 3 heterocycles. The molecule has 0 N–H and O–H groups in total. The van der Waals surface area contributed by atoms with Crippen LogP contribution in [0, 0.1) is 0 Å². The zero-order chi connectivity index (χ0) is 21.5. The highest BCUT2D eigenvalue weighted by atomic mass is 16.2. The van der Waals surface area contributed by atoms with Gasteiger partial charge in [0.05, 0.1) is 12.0 Å². The summed E-state index contributed by atoms with van der Waals surface area (Å²) in [6, 6.07) is 15.6. The third-order valence-corrected chi connectivity index (χ3v) is 7.01. The molecule has 3 aromatic rings. The molecule has 0 bridgehead atoms. The molecule has 31 heavy (non-hydrogen) atoms. The van der Waals surface area contributed by atoms with Crippen LogP contribution in [0.1, 0.15) is 59.1 Å². The van der Waals surface area contributed by atoms with Crippen LogP contribution < -0.4 is 0 Å². The summed E-state index contributed by atoms with van der Waals surface area (Å²) in [5.41, 5.74) is 3.65. The number of likely N-dealkylation sites (N-methyl/N-ethyl adjacent to an activating group) is 1. The van der Waals surface area contributed by atoms with Gasteiger partial charge in [0.15, 0.2) is 0 Å². The van der Waals surface area contributed by atoms with Crippen LogP contribution in [0.5, 0.6) is 0 Å². The van der Waals surface area contributed by atoms with Gasteiger partial charge >= 0.3 is 0 Å². The Labute approximate surface area is 183 Å². The first-order chi connectivity index (χ1) is 15.1. The molecule has 1 saturated heterocycles. The van der Waals surface area contributed by atoms with E-state index in [0.717, 1.165) is 48.0 Å². The van der Waals surface area contributed by atoms with Crippen molar-refractivity contribution in [2.24, 2.45) is 7.05 Å². The fourth-order valence-corrected chi connectivity index (χ4v) is 5.43. The van der Waals surface area contributed by atoms with E-state index in [1.54, 1.807) is 4.90 Å². The van der Waals surface area contributed by atoms with E-state index in [1.807, 2.05) is 55.4 Å². The molecule has 0 radical (unpaired) electrons. The lowest BCUT2D eigenvalue weighted by molar-refractivity contribution is -0.134. The summed E-state index contributed by atoms with van der Waals surface area (Å²) in [7, 11) is 3.86. The van der Waals surface area contributed by atoms with Gasteiger partial charge in [0, 0.05) is 55.4 Å². The first kappa shape index (κ1) is 19.9. The zero-order valence-corrected chi connectivity index (χ0v) is 18.3. The molecule has 5 rings (SSSR count). The Balaban J connectivity index is 1.69. The molecule has 2 atom stereocenters. The van der Waals surface area contributed by atoms with Crippen molar-refractivity contribution in [1.82, 2.24) is 14.4 Å². The molecule has 5 heteroatoms. The number of fused-ring (bicyclic) bond motifs is 2. The summed E-state index contributed by atoms with van der Waals surface area (Å²) in [6.45, 7) is 1.61. The Morgan fingerprint density at radius 2 is 1.55 bits per heavy atom. The quantitative estimate of drug-likeness (QED) is 0.619. The molecule has 2 aliphatic heterocycles. The molecular weight excluding hydrogens is 386 g/mol. The maximum atomic E-state index is 14.0. The average Bonchev–Trinajstić information content (AvgIpc) is 2.96. The first-order valence-electron chi connectivity index (χ1n) is 11.3. The standard InChI is InChI=1S/C26H29N3O2/c1-27-17-21(18-11-7-8-14-22(18)27)24-23(26(31)29-15-9-3-4-10-16-29)19-12-5-6-13-20(19)25(30)28(24)2/h5-8,11-14,17,23-24H,3-4,9-10,15-16H2,1-2H3. The Bertz CT molecular complexity index is 1140. The van der Waals surface area contributed by atoms with Gasteiger partial charge in [-0.15, -0.1) is 0 Å². The molecule has 0 saturated carbocycles. The van der Waals surface area contributed by atoms with Crippen molar-refractivity contribution in [3.05, 3.63) is 71.4 Å². The van der Waals surface area contributed by atoms with Gasteiger partial charge in [0.2, 0.25) is 5.91 Å². The normalized spacial score (nSPS) is 21.8. The molecule has 2 amide bonds. The van der Waals surface area contributed by atoms with E-state index in [1.165, 1.54) is 12.8 Å². The number of carbonyl (C=O) groups is 2. The average molecular weight is 416 g/mol. The molecule has 2 aliphatic rings. The molecule has 0 aliphatic carbocycles. The number of aromatic nitrogens is 1. The van der Waals surface area contributed by atoms with Crippen LogP contribution in [0.25, 0.3) is 10.9 Å². The third kappa shape index (κ3) is 3.23. The second-order valence-electron chi connectivity index (χ2n) is 8.88. The minimum absolute atomic E-state index is 0.0200. The van der Waals surface area contributed by atoms with Crippen molar-refractivity contribution < 1.29 is 9.59 Å². The van der Waals surface area contributed by atoms with E-state index in [9.17, 15) is 9.59 Å². The molecule has 2 unspecified atom stereocenters. The van der Waals surface area contributed by atoms with Crippen molar-refractivity contribution in [2.75, 3.05) is 20.1 Å². The van der Waals surface area contributed by atoms with Crippen LogP contribution >= 0.6 is 0 Å². The van der Waals surface area contributed by atoms with Crippen LogP contribution in [0.3, 0.4) is 0 Å². The van der Waals surface area contributed by atoms with Gasteiger partial charge < -0.3 is 14.4 Å². The van der Waals surface area contributed by atoms with Crippen molar-refractivity contribution >= 4 is 22.7 Å². The van der Waals surface area contributed by atoms with Crippen LogP contribution in [0.15, 0.2) is 54.7 Å². The Morgan fingerprint density at radius 1 is 0.871 bits per heavy atom. The highest BCUT2D eigenvalue weighted by molar-refractivity contribution is 6.02. The number of likely N-dealkylation sites (tertiary alicyclic amines) is 1. The minimum atomic E-state index is -0.400. The van der Waals surface area contributed by atoms with Gasteiger partial charge in [0.25, 0.3) is 5.91 Å². The predicted octanol–water partition coefficient (Wildman–Crippen LogP) is 4.49. The number of hydrogen-bond acceptors (Lipinski definition) is 2. The van der Waals surface area contributed by atoms with E-state index in [0.29, 0.717) is 5.56 Å². The predicted molar refractivity (Wildman–Crippen MR) is 122 cm³/mol. The fraction of sp³-hybridized carbons (Fsp3) is 0.385. The molecule has 1 aromatic heterocycles. The number of carbonyl (C=O) groups excluding carboxylic acids is 2. The number of benzene rings is 2. The lowest BCUT2D eigenvalue weighted by atomic mass is 9.79. The SMILES string of the molecule is CN1C(=O)c2ccccc2C(C(=O)N2CCCCCC2)C1c1cn(C)c2ccccc12. The summed E-state index contributed by atoms with van der Waals surface area (Å²) < 4.78 is 2.09. The van der Waals surface area contributed by atoms with Crippen LogP contribution in [0.4, 0.5) is 0 Å². The number of rotatable bonds is 2. The molecule has 2 aromatic carbocycles. The molecule has 0 spiro atoms.